The molecule has 15 heavy (non-hydrogen) atoms. The van der Waals surface area contributed by atoms with Crippen molar-refractivity contribution in [3.8, 4) is 5.88 Å². The predicted octanol–water partition coefficient (Wildman–Crippen LogP) is 1.52. The van der Waals surface area contributed by atoms with Crippen LogP contribution in [0.2, 0.25) is 0 Å². The molecule has 1 unspecified atom stereocenters. The molecule has 0 fully saturated rings. The summed E-state index contributed by atoms with van der Waals surface area (Å²) in [6.07, 6.45) is 2.19. The zero-order chi connectivity index (χ0) is 10.7. The molecule has 80 valence electrons. The Morgan fingerprint density at radius 3 is 3.07 bits per heavy atom. The summed E-state index contributed by atoms with van der Waals surface area (Å²) in [5, 5.41) is 3.68. The lowest BCUT2D eigenvalue weighted by Crippen LogP contribution is -2.11. The fraction of sp³-hybridized carbons (Fsp3) is 0.300. The van der Waals surface area contributed by atoms with E-state index >= 15 is 0 Å². The van der Waals surface area contributed by atoms with Gasteiger partial charge in [0.2, 0.25) is 0 Å². The van der Waals surface area contributed by atoms with E-state index in [-0.39, 0.29) is 6.04 Å². The van der Waals surface area contributed by atoms with Gasteiger partial charge in [-0.2, -0.15) is 0 Å². The fourth-order valence-electron chi connectivity index (χ4n) is 1.29. The molecule has 0 aliphatic carbocycles. The van der Waals surface area contributed by atoms with E-state index in [0.29, 0.717) is 18.1 Å². The highest BCUT2D eigenvalue weighted by Crippen LogP contribution is 2.20. The van der Waals surface area contributed by atoms with Crippen molar-refractivity contribution >= 4 is 0 Å². The highest BCUT2D eigenvalue weighted by molar-refractivity contribution is 5.15. The quantitative estimate of drug-likeness (QED) is 0.824. The number of hydrogen-bond donors (Lipinski definition) is 1. The molecule has 0 aromatic carbocycles. The topological polar surface area (TPSA) is 74.4 Å². The maximum atomic E-state index is 5.90. The summed E-state index contributed by atoms with van der Waals surface area (Å²) in [4.78, 5) is 0. The normalized spacial score (nSPS) is 12.7. The summed E-state index contributed by atoms with van der Waals surface area (Å²) >= 11 is 0. The van der Waals surface area contributed by atoms with Crippen LogP contribution in [0.1, 0.15) is 17.6 Å². The molecule has 0 amide bonds. The van der Waals surface area contributed by atoms with Gasteiger partial charge in [0.15, 0.2) is 5.76 Å². The largest absolute Gasteiger partial charge is 0.479 e. The fourth-order valence-corrected chi connectivity index (χ4v) is 1.29. The van der Waals surface area contributed by atoms with E-state index in [1.54, 1.807) is 12.3 Å². The molecule has 0 saturated heterocycles. The molecule has 2 aromatic heterocycles. The van der Waals surface area contributed by atoms with Crippen LogP contribution in [0, 0.1) is 0 Å². The smallest absolute Gasteiger partial charge is 0.254 e. The first kappa shape index (κ1) is 9.79. The molecule has 2 rings (SSSR count). The second-order valence-electron chi connectivity index (χ2n) is 3.16. The lowest BCUT2D eigenvalue weighted by Gasteiger charge is -2.03. The van der Waals surface area contributed by atoms with E-state index in [0.717, 1.165) is 5.76 Å². The van der Waals surface area contributed by atoms with Crippen molar-refractivity contribution in [2.24, 2.45) is 5.73 Å². The SMILES string of the molecule is COc1cc(C(N)Cc2ccco2)on1. The minimum absolute atomic E-state index is 0.271. The maximum Gasteiger partial charge on any atom is 0.254 e. The third kappa shape index (κ3) is 2.19. The summed E-state index contributed by atoms with van der Waals surface area (Å²) in [6, 6.07) is 5.09. The van der Waals surface area contributed by atoms with E-state index in [4.69, 9.17) is 19.4 Å². The molecule has 0 spiro atoms. The Morgan fingerprint density at radius 2 is 2.47 bits per heavy atom. The second-order valence-corrected chi connectivity index (χ2v) is 3.16. The first-order valence-electron chi connectivity index (χ1n) is 4.58. The van der Waals surface area contributed by atoms with Gasteiger partial charge < -0.3 is 19.4 Å². The first-order chi connectivity index (χ1) is 7.29. The standard InChI is InChI=1S/C10H12N2O3/c1-13-10-6-9(15-12-10)8(11)5-7-3-2-4-14-7/h2-4,6,8H,5,11H2,1H3. The summed E-state index contributed by atoms with van der Waals surface area (Å²) < 4.78 is 15.1. The molecule has 2 N–H and O–H groups in total. The van der Waals surface area contributed by atoms with Gasteiger partial charge in [0.25, 0.3) is 5.88 Å². The van der Waals surface area contributed by atoms with Gasteiger partial charge in [0.05, 0.1) is 19.4 Å². The minimum Gasteiger partial charge on any atom is -0.479 e. The van der Waals surface area contributed by atoms with E-state index < -0.39 is 0 Å². The van der Waals surface area contributed by atoms with Crippen LogP contribution < -0.4 is 10.5 Å². The Labute approximate surface area is 86.8 Å². The number of rotatable bonds is 4. The van der Waals surface area contributed by atoms with Gasteiger partial charge >= 0.3 is 0 Å². The van der Waals surface area contributed by atoms with Crippen LogP contribution in [-0.4, -0.2) is 12.3 Å². The molecule has 0 saturated carbocycles. The molecule has 5 nitrogen and oxygen atoms in total. The second kappa shape index (κ2) is 4.18. The van der Waals surface area contributed by atoms with Gasteiger partial charge in [-0.1, -0.05) is 0 Å². The van der Waals surface area contributed by atoms with Gasteiger partial charge in [-0.25, -0.2) is 0 Å². The summed E-state index contributed by atoms with van der Waals surface area (Å²) in [7, 11) is 1.53. The van der Waals surface area contributed by atoms with Gasteiger partial charge in [0, 0.05) is 12.5 Å². The van der Waals surface area contributed by atoms with Crippen molar-refractivity contribution in [2.75, 3.05) is 7.11 Å². The Kier molecular flexibility index (Phi) is 2.73. The van der Waals surface area contributed by atoms with Gasteiger partial charge in [-0.3, -0.25) is 0 Å². The van der Waals surface area contributed by atoms with Crippen LogP contribution >= 0.6 is 0 Å². The molecule has 2 aromatic rings. The molecule has 1 atom stereocenters. The molecule has 5 heteroatoms. The third-order valence-electron chi connectivity index (χ3n) is 2.08. The minimum atomic E-state index is -0.271. The molecule has 0 bridgehead atoms. The third-order valence-corrected chi connectivity index (χ3v) is 2.08. The number of aromatic nitrogens is 1. The van der Waals surface area contributed by atoms with Crippen molar-refractivity contribution in [1.29, 1.82) is 0 Å². The Hall–Kier alpha value is -1.75. The highest BCUT2D eigenvalue weighted by atomic mass is 16.5. The van der Waals surface area contributed by atoms with Crippen molar-refractivity contribution < 1.29 is 13.7 Å². The number of methoxy groups -OCH3 is 1. The molecule has 0 aliphatic heterocycles. The lowest BCUT2D eigenvalue weighted by atomic mass is 10.1. The molecular formula is C10H12N2O3. The number of furan rings is 1. The predicted molar refractivity (Wildman–Crippen MR) is 52.4 cm³/mol. The summed E-state index contributed by atoms with van der Waals surface area (Å²) in [5.74, 6) is 1.83. The molecule has 0 aliphatic rings. The van der Waals surface area contributed by atoms with E-state index in [9.17, 15) is 0 Å². The van der Waals surface area contributed by atoms with Crippen molar-refractivity contribution in [3.63, 3.8) is 0 Å². The number of hydrogen-bond acceptors (Lipinski definition) is 5. The van der Waals surface area contributed by atoms with Crippen molar-refractivity contribution in [1.82, 2.24) is 5.16 Å². The van der Waals surface area contributed by atoms with Crippen molar-refractivity contribution in [2.45, 2.75) is 12.5 Å². The van der Waals surface area contributed by atoms with Crippen LogP contribution in [-0.2, 0) is 6.42 Å². The Morgan fingerprint density at radius 1 is 1.60 bits per heavy atom. The van der Waals surface area contributed by atoms with Crippen LogP contribution in [0.15, 0.2) is 33.4 Å². The van der Waals surface area contributed by atoms with Crippen LogP contribution in [0.4, 0.5) is 0 Å². The molecule has 2 heterocycles. The monoisotopic (exact) mass is 208 g/mol. The first-order valence-corrected chi connectivity index (χ1v) is 4.58. The van der Waals surface area contributed by atoms with Gasteiger partial charge in [-0.05, 0) is 17.3 Å². The number of nitrogens with zero attached hydrogens (tertiary/aromatic N) is 1. The highest BCUT2D eigenvalue weighted by Gasteiger charge is 2.14. The van der Waals surface area contributed by atoms with Crippen LogP contribution in [0.25, 0.3) is 0 Å². The number of ether oxygens (including phenoxy) is 1. The lowest BCUT2D eigenvalue weighted by molar-refractivity contribution is 0.315. The van der Waals surface area contributed by atoms with E-state index in [2.05, 4.69) is 5.16 Å². The maximum absolute atomic E-state index is 5.90. The zero-order valence-electron chi connectivity index (χ0n) is 8.34. The van der Waals surface area contributed by atoms with E-state index in [1.807, 2.05) is 12.1 Å². The average molecular weight is 208 g/mol. The number of nitrogens with two attached hydrogens (primary N) is 1. The van der Waals surface area contributed by atoms with Crippen LogP contribution in [0.5, 0.6) is 5.88 Å². The summed E-state index contributed by atoms with van der Waals surface area (Å²) in [6.45, 7) is 0. The average Bonchev–Trinajstić information content (AvgIpc) is 2.86. The van der Waals surface area contributed by atoms with Crippen LogP contribution in [0.3, 0.4) is 0 Å². The van der Waals surface area contributed by atoms with Crippen molar-refractivity contribution in [3.05, 3.63) is 36.0 Å². The Balaban J connectivity index is 2.04. The zero-order valence-corrected chi connectivity index (χ0v) is 8.34. The summed E-state index contributed by atoms with van der Waals surface area (Å²) in [5.41, 5.74) is 5.90. The van der Waals surface area contributed by atoms with Gasteiger partial charge in [-0.15, -0.1) is 0 Å². The van der Waals surface area contributed by atoms with E-state index in [1.165, 1.54) is 7.11 Å². The van der Waals surface area contributed by atoms with Gasteiger partial charge in [0.1, 0.15) is 5.76 Å². The molecular weight excluding hydrogens is 196 g/mol. The Bertz CT molecular complexity index is 408. The molecule has 0 radical (unpaired) electrons.